The van der Waals surface area contributed by atoms with E-state index >= 15 is 0 Å². The highest BCUT2D eigenvalue weighted by molar-refractivity contribution is 7.09. The van der Waals surface area contributed by atoms with Gasteiger partial charge in [-0.3, -0.25) is 0 Å². The maximum atomic E-state index is 4.55. The summed E-state index contributed by atoms with van der Waals surface area (Å²) in [6.07, 6.45) is 9.14. The molecular weight excluding hydrogens is 252 g/mol. The second-order valence-electron chi connectivity index (χ2n) is 7.38. The summed E-state index contributed by atoms with van der Waals surface area (Å²) in [6.45, 7) is 4.28. The van der Waals surface area contributed by atoms with Crippen molar-refractivity contribution >= 4 is 11.3 Å². The molecule has 0 amide bonds. The Balaban J connectivity index is 1.37. The van der Waals surface area contributed by atoms with Gasteiger partial charge in [-0.05, 0) is 68.6 Å². The molecule has 5 rings (SSSR count). The van der Waals surface area contributed by atoms with Crippen LogP contribution in [0.15, 0.2) is 5.38 Å². The van der Waals surface area contributed by atoms with Crippen LogP contribution in [-0.4, -0.2) is 11.5 Å². The SMILES string of the molecule is Cc1nc(CNCC23CC4CC(CC(C4)C2)C3)cs1. The van der Waals surface area contributed by atoms with Crippen molar-refractivity contribution in [1.29, 1.82) is 0 Å². The molecule has 1 aromatic heterocycles. The average Bonchev–Trinajstić information content (AvgIpc) is 2.73. The lowest BCUT2D eigenvalue weighted by Crippen LogP contribution is -2.50. The van der Waals surface area contributed by atoms with Crippen LogP contribution in [0.5, 0.6) is 0 Å². The Hall–Kier alpha value is -0.410. The quantitative estimate of drug-likeness (QED) is 0.906. The van der Waals surface area contributed by atoms with E-state index in [4.69, 9.17) is 0 Å². The summed E-state index contributed by atoms with van der Waals surface area (Å²) in [7, 11) is 0. The first-order valence-electron chi connectivity index (χ1n) is 7.82. The molecule has 0 radical (unpaired) electrons. The van der Waals surface area contributed by atoms with Crippen molar-refractivity contribution in [2.75, 3.05) is 6.54 Å². The molecular formula is C16H24N2S. The molecule has 4 fully saturated rings. The third-order valence-electron chi connectivity index (χ3n) is 5.64. The van der Waals surface area contributed by atoms with Crippen LogP contribution in [0.1, 0.15) is 49.2 Å². The predicted molar refractivity (Wildman–Crippen MR) is 79.2 cm³/mol. The van der Waals surface area contributed by atoms with Crippen LogP contribution in [0.3, 0.4) is 0 Å². The molecule has 0 aromatic carbocycles. The van der Waals surface area contributed by atoms with E-state index in [0.717, 1.165) is 24.3 Å². The summed E-state index contributed by atoms with van der Waals surface area (Å²) in [6, 6.07) is 0. The second kappa shape index (κ2) is 4.56. The van der Waals surface area contributed by atoms with Gasteiger partial charge in [-0.2, -0.15) is 0 Å². The number of rotatable bonds is 4. The number of nitrogens with one attached hydrogen (secondary N) is 1. The van der Waals surface area contributed by atoms with Crippen molar-refractivity contribution in [3.63, 3.8) is 0 Å². The number of aromatic nitrogens is 1. The van der Waals surface area contributed by atoms with Crippen LogP contribution in [0.25, 0.3) is 0 Å². The fraction of sp³-hybridized carbons (Fsp3) is 0.812. The molecule has 4 bridgehead atoms. The Kier molecular flexibility index (Phi) is 2.96. The minimum atomic E-state index is 0.653. The predicted octanol–water partition coefficient (Wildman–Crippen LogP) is 3.76. The molecule has 19 heavy (non-hydrogen) atoms. The highest BCUT2D eigenvalue weighted by Crippen LogP contribution is 2.59. The highest BCUT2D eigenvalue weighted by Gasteiger charge is 2.50. The zero-order chi connectivity index (χ0) is 12.9. The summed E-state index contributed by atoms with van der Waals surface area (Å²) >= 11 is 1.76. The topological polar surface area (TPSA) is 24.9 Å². The number of thiazole rings is 1. The summed E-state index contributed by atoms with van der Waals surface area (Å²) < 4.78 is 0. The number of hydrogen-bond acceptors (Lipinski definition) is 3. The number of hydrogen-bond donors (Lipinski definition) is 1. The van der Waals surface area contributed by atoms with Gasteiger partial charge in [0.05, 0.1) is 10.7 Å². The van der Waals surface area contributed by atoms with Gasteiger partial charge in [0.2, 0.25) is 0 Å². The van der Waals surface area contributed by atoms with Gasteiger partial charge in [-0.1, -0.05) is 0 Å². The summed E-state index contributed by atoms with van der Waals surface area (Å²) in [4.78, 5) is 4.55. The van der Waals surface area contributed by atoms with Crippen molar-refractivity contribution in [1.82, 2.24) is 10.3 Å². The Morgan fingerprint density at radius 1 is 1.21 bits per heavy atom. The fourth-order valence-corrected chi connectivity index (χ4v) is 6.06. The molecule has 0 aliphatic heterocycles. The van der Waals surface area contributed by atoms with E-state index in [1.54, 1.807) is 30.6 Å². The van der Waals surface area contributed by atoms with Crippen molar-refractivity contribution in [2.24, 2.45) is 23.2 Å². The molecule has 1 heterocycles. The first kappa shape index (κ1) is 12.3. The molecule has 104 valence electrons. The van der Waals surface area contributed by atoms with Gasteiger partial charge in [0.15, 0.2) is 0 Å². The lowest BCUT2D eigenvalue weighted by molar-refractivity contribution is -0.0514. The van der Waals surface area contributed by atoms with Gasteiger partial charge < -0.3 is 5.32 Å². The number of nitrogens with zero attached hydrogens (tertiary/aromatic N) is 1. The molecule has 3 heteroatoms. The minimum Gasteiger partial charge on any atom is -0.311 e. The van der Waals surface area contributed by atoms with Crippen LogP contribution in [0.2, 0.25) is 0 Å². The van der Waals surface area contributed by atoms with E-state index in [1.807, 2.05) is 0 Å². The van der Waals surface area contributed by atoms with Gasteiger partial charge in [-0.15, -0.1) is 11.3 Å². The van der Waals surface area contributed by atoms with Crippen molar-refractivity contribution in [2.45, 2.75) is 52.0 Å². The molecule has 2 nitrogen and oxygen atoms in total. The van der Waals surface area contributed by atoms with Crippen LogP contribution in [-0.2, 0) is 6.54 Å². The monoisotopic (exact) mass is 276 g/mol. The summed E-state index contributed by atoms with van der Waals surface area (Å²) in [5, 5.41) is 7.10. The van der Waals surface area contributed by atoms with Crippen LogP contribution in [0.4, 0.5) is 0 Å². The molecule has 4 saturated carbocycles. The molecule has 4 aliphatic carbocycles. The van der Waals surface area contributed by atoms with Crippen molar-refractivity contribution in [3.05, 3.63) is 16.1 Å². The summed E-state index contributed by atoms with van der Waals surface area (Å²) in [5.74, 6) is 3.19. The Morgan fingerprint density at radius 2 is 1.84 bits per heavy atom. The normalized spacial score (nSPS) is 39.9. The van der Waals surface area contributed by atoms with Crippen molar-refractivity contribution in [3.8, 4) is 0 Å². The van der Waals surface area contributed by atoms with E-state index in [1.165, 1.54) is 36.5 Å². The van der Waals surface area contributed by atoms with E-state index in [0.29, 0.717) is 5.41 Å². The molecule has 0 unspecified atom stereocenters. The number of aryl methyl sites for hydroxylation is 1. The zero-order valence-electron chi connectivity index (χ0n) is 11.8. The Labute approximate surface area is 120 Å². The van der Waals surface area contributed by atoms with E-state index in [-0.39, 0.29) is 0 Å². The standard InChI is InChI=1S/C16H24N2S/c1-11-18-15(9-19-11)8-17-10-16-5-12-2-13(6-16)4-14(3-12)7-16/h9,12-14,17H,2-8,10H2,1H3. The smallest absolute Gasteiger partial charge is 0.0897 e. The minimum absolute atomic E-state index is 0.653. The molecule has 1 N–H and O–H groups in total. The lowest BCUT2D eigenvalue weighted by atomic mass is 9.49. The lowest BCUT2D eigenvalue weighted by Gasteiger charge is -2.57. The first-order valence-corrected chi connectivity index (χ1v) is 8.70. The fourth-order valence-electron chi connectivity index (χ4n) is 5.45. The van der Waals surface area contributed by atoms with E-state index < -0.39 is 0 Å². The maximum Gasteiger partial charge on any atom is 0.0897 e. The highest BCUT2D eigenvalue weighted by atomic mass is 32.1. The van der Waals surface area contributed by atoms with Gasteiger partial charge in [0, 0.05) is 18.5 Å². The molecule has 0 spiro atoms. The van der Waals surface area contributed by atoms with Crippen LogP contribution in [0, 0.1) is 30.1 Å². The Morgan fingerprint density at radius 3 is 2.37 bits per heavy atom. The third kappa shape index (κ3) is 2.36. The first-order chi connectivity index (χ1) is 9.21. The molecule has 4 aliphatic rings. The second-order valence-corrected chi connectivity index (χ2v) is 8.44. The van der Waals surface area contributed by atoms with Gasteiger partial charge in [-0.25, -0.2) is 4.98 Å². The average molecular weight is 276 g/mol. The van der Waals surface area contributed by atoms with Gasteiger partial charge >= 0.3 is 0 Å². The van der Waals surface area contributed by atoms with Gasteiger partial charge in [0.25, 0.3) is 0 Å². The van der Waals surface area contributed by atoms with E-state index in [9.17, 15) is 0 Å². The van der Waals surface area contributed by atoms with E-state index in [2.05, 4.69) is 22.6 Å². The third-order valence-corrected chi connectivity index (χ3v) is 6.46. The van der Waals surface area contributed by atoms with Crippen LogP contribution >= 0.6 is 11.3 Å². The maximum absolute atomic E-state index is 4.55. The van der Waals surface area contributed by atoms with Crippen molar-refractivity contribution < 1.29 is 0 Å². The largest absolute Gasteiger partial charge is 0.311 e. The zero-order valence-corrected chi connectivity index (χ0v) is 12.6. The van der Waals surface area contributed by atoms with Crippen LogP contribution < -0.4 is 5.32 Å². The Bertz CT molecular complexity index is 430. The molecule has 1 aromatic rings. The summed E-state index contributed by atoms with van der Waals surface area (Å²) in [5.41, 5.74) is 1.88. The molecule has 0 atom stereocenters. The van der Waals surface area contributed by atoms with Gasteiger partial charge in [0.1, 0.15) is 0 Å². The molecule has 0 saturated heterocycles.